The summed E-state index contributed by atoms with van der Waals surface area (Å²) in [6.07, 6.45) is 5.49. The molecule has 0 aromatic carbocycles. The van der Waals surface area contributed by atoms with E-state index in [0.29, 0.717) is 5.25 Å². The van der Waals surface area contributed by atoms with Gasteiger partial charge in [0.05, 0.1) is 5.60 Å². The summed E-state index contributed by atoms with van der Waals surface area (Å²) in [6, 6.07) is 3.53. The fourth-order valence-corrected chi connectivity index (χ4v) is 4.27. The topological polar surface area (TPSA) is 68.7 Å². The Morgan fingerprint density at radius 1 is 1.38 bits per heavy atom. The number of aromatic carboxylic acids is 1. The summed E-state index contributed by atoms with van der Waals surface area (Å²) in [7, 11) is 0. The van der Waals surface area contributed by atoms with Gasteiger partial charge >= 0.3 is 5.97 Å². The van der Waals surface area contributed by atoms with Gasteiger partial charge in [0.2, 0.25) is 0 Å². The Labute approximate surface area is 128 Å². The van der Waals surface area contributed by atoms with Crippen molar-refractivity contribution in [1.82, 2.24) is 4.98 Å². The average molecular weight is 309 g/mol. The maximum absolute atomic E-state index is 11.0. The van der Waals surface area contributed by atoms with E-state index in [4.69, 9.17) is 14.6 Å². The van der Waals surface area contributed by atoms with Crippen molar-refractivity contribution in [3.8, 4) is 0 Å². The van der Waals surface area contributed by atoms with E-state index >= 15 is 0 Å². The highest BCUT2D eigenvalue weighted by Gasteiger charge is 2.39. The maximum atomic E-state index is 11.0. The van der Waals surface area contributed by atoms with Gasteiger partial charge < -0.3 is 14.6 Å². The Kier molecular flexibility index (Phi) is 4.47. The van der Waals surface area contributed by atoms with E-state index in [1.165, 1.54) is 0 Å². The standard InChI is InChI=1S/C15H19NO4S/c17-14(18)13-9-11(1-5-16-13)21-12-2-6-20-15(10-12)3-7-19-8-4-15/h1,5,9,12H,2-4,6-8,10H2,(H,17,18). The number of pyridine rings is 1. The quantitative estimate of drug-likeness (QED) is 0.925. The molecule has 0 aliphatic carbocycles. The number of carboxylic acids is 1. The summed E-state index contributed by atoms with van der Waals surface area (Å²) in [5, 5.41) is 9.47. The zero-order chi connectivity index (χ0) is 14.7. The van der Waals surface area contributed by atoms with Crippen LogP contribution in [-0.2, 0) is 9.47 Å². The first kappa shape index (κ1) is 14.8. The van der Waals surface area contributed by atoms with Crippen LogP contribution in [0.3, 0.4) is 0 Å². The zero-order valence-corrected chi connectivity index (χ0v) is 12.6. The minimum absolute atomic E-state index is 0.0309. The third kappa shape index (κ3) is 3.56. The maximum Gasteiger partial charge on any atom is 0.354 e. The number of rotatable bonds is 3. The molecule has 3 heterocycles. The summed E-state index contributed by atoms with van der Waals surface area (Å²) in [5.41, 5.74) is 0.0736. The molecular formula is C15H19NO4S. The Morgan fingerprint density at radius 2 is 2.19 bits per heavy atom. The molecule has 0 saturated carbocycles. The molecule has 5 nitrogen and oxygen atoms in total. The van der Waals surface area contributed by atoms with E-state index < -0.39 is 5.97 Å². The van der Waals surface area contributed by atoms with Gasteiger partial charge in [-0.1, -0.05) is 0 Å². The molecule has 1 spiro atoms. The first-order chi connectivity index (χ1) is 10.2. The predicted octanol–water partition coefficient (Wildman–Crippen LogP) is 2.60. The summed E-state index contributed by atoms with van der Waals surface area (Å²) >= 11 is 1.74. The molecule has 2 fully saturated rings. The van der Waals surface area contributed by atoms with Crippen LogP contribution in [-0.4, -0.2) is 46.7 Å². The summed E-state index contributed by atoms with van der Waals surface area (Å²) in [6.45, 7) is 2.32. The summed E-state index contributed by atoms with van der Waals surface area (Å²) < 4.78 is 11.5. The van der Waals surface area contributed by atoms with Gasteiger partial charge in [-0.3, -0.25) is 0 Å². The van der Waals surface area contributed by atoms with Crippen molar-refractivity contribution in [2.24, 2.45) is 0 Å². The van der Waals surface area contributed by atoms with Crippen molar-refractivity contribution < 1.29 is 19.4 Å². The fraction of sp³-hybridized carbons (Fsp3) is 0.600. The van der Waals surface area contributed by atoms with E-state index in [1.54, 1.807) is 24.0 Å². The number of thioether (sulfide) groups is 1. The molecule has 2 aliphatic heterocycles. The van der Waals surface area contributed by atoms with Crippen molar-refractivity contribution in [1.29, 1.82) is 0 Å². The fourth-order valence-electron chi connectivity index (χ4n) is 2.97. The van der Waals surface area contributed by atoms with Gasteiger partial charge in [-0.25, -0.2) is 9.78 Å². The molecule has 0 amide bonds. The summed E-state index contributed by atoms with van der Waals surface area (Å²) in [5.74, 6) is -0.981. The van der Waals surface area contributed by atoms with Gasteiger partial charge in [0.1, 0.15) is 5.69 Å². The van der Waals surface area contributed by atoms with Crippen LogP contribution in [0.1, 0.15) is 36.2 Å². The Bertz CT molecular complexity index is 511. The van der Waals surface area contributed by atoms with Crippen LogP contribution < -0.4 is 0 Å². The highest BCUT2D eigenvalue weighted by Crippen LogP contribution is 2.40. The number of hydrogen-bond donors (Lipinski definition) is 1. The monoisotopic (exact) mass is 309 g/mol. The van der Waals surface area contributed by atoms with Crippen LogP contribution in [0.25, 0.3) is 0 Å². The lowest BCUT2D eigenvalue weighted by molar-refractivity contribution is -0.131. The molecule has 1 N–H and O–H groups in total. The minimum Gasteiger partial charge on any atom is -0.477 e. The molecule has 1 aromatic rings. The van der Waals surface area contributed by atoms with E-state index in [9.17, 15) is 4.79 Å². The second-order valence-electron chi connectivity index (χ2n) is 5.56. The van der Waals surface area contributed by atoms with Crippen LogP contribution in [0.15, 0.2) is 23.2 Å². The lowest BCUT2D eigenvalue weighted by Crippen LogP contribution is -2.45. The number of aromatic nitrogens is 1. The smallest absolute Gasteiger partial charge is 0.354 e. The number of carbonyl (C=O) groups is 1. The van der Waals surface area contributed by atoms with Crippen molar-refractivity contribution in [2.75, 3.05) is 19.8 Å². The Hall–Kier alpha value is -1.11. The van der Waals surface area contributed by atoms with E-state index in [-0.39, 0.29) is 11.3 Å². The SMILES string of the molecule is O=C(O)c1cc(SC2CCOC3(CCOCC3)C2)ccn1. The van der Waals surface area contributed by atoms with Crippen molar-refractivity contribution in [3.05, 3.63) is 24.0 Å². The first-order valence-electron chi connectivity index (χ1n) is 7.25. The van der Waals surface area contributed by atoms with Crippen LogP contribution >= 0.6 is 11.8 Å². The van der Waals surface area contributed by atoms with Crippen LogP contribution in [0.2, 0.25) is 0 Å². The Morgan fingerprint density at radius 3 is 2.95 bits per heavy atom. The third-order valence-electron chi connectivity index (χ3n) is 4.11. The highest BCUT2D eigenvalue weighted by atomic mass is 32.2. The molecule has 2 aliphatic rings. The number of ether oxygens (including phenoxy) is 2. The summed E-state index contributed by atoms with van der Waals surface area (Å²) in [4.78, 5) is 15.8. The van der Waals surface area contributed by atoms with Crippen molar-refractivity contribution in [2.45, 2.75) is 41.4 Å². The molecule has 1 atom stereocenters. The molecule has 1 unspecified atom stereocenters. The van der Waals surface area contributed by atoms with E-state index in [0.717, 1.165) is 50.4 Å². The lowest BCUT2D eigenvalue weighted by Gasteiger charge is -2.43. The highest BCUT2D eigenvalue weighted by molar-refractivity contribution is 8.00. The van der Waals surface area contributed by atoms with Gasteiger partial charge in [0.15, 0.2) is 0 Å². The predicted molar refractivity (Wildman–Crippen MR) is 78.8 cm³/mol. The van der Waals surface area contributed by atoms with Crippen molar-refractivity contribution >= 4 is 17.7 Å². The Balaban J connectivity index is 1.67. The van der Waals surface area contributed by atoms with Crippen molar-refractivity contribution in [3.63, 3.8) is 0 Å². The normalized spacial score (nSPS) is 24.9. The van der Waals surface area contributed by atoms with Gasteiger partial charge in [-0.15, -0.1) is 11.8 Å². The number of hydrogen-bond acceptors (Lipinski definition) is 5. The third-order valence-corrected chi connectivity index (χ3v) is 5.37. The molecular weight excluding hydrogens is 290 g/mol. The zero-order valence-electron chi connectivity index (χ0n) is 11.8. The molecule has 0 bridgehead atoms. The first-order valence-corrected chi connectivity index (χ1v) is 8.13. The largest absolute Gasteiger partial charge is 0.477 e. The second-order valence-corrected chi connectivity index (χ2v) is 6.93. The number of nitrogens with zero attached hydrogens (tertiary/aromatic N) is 1. The van der Waals surface area contributed by atoms with Gasteiger partial charge in [-0.05, 0) is 37.8 Å². The van der Waals surface area contributed by atoms with Crippen LogP contribution in [0, 0.1) is 0 Å². The van der Waals surface area contributed by atoms with Gasteiger partial charge in [0.25, 0.3) is 0 Å². The molecule has 21 heavy (non-hydrogen) atoms. The lowest BCUT2D eigenvalue weighted by atomic mass is 9.86. The number of carboxylic acid groups (broad SMARTS) is 1. The van der Waals surface area contributed by atoms with E-state index in [1.807, 2.05) is 6.07 Å². The minimum atomic E-state index is -0.981. The molecule has 3 rings (SSSR count). The second kappa shape index (κ2) is 6.34. The van der Waals surface area contributed by atoms with E-state index in [2.05, 4.69) is 4.98 Å². The molecule has 6 heteroatoms. The van der Waals surface area contributed by atoms with Crippen LogP contribution in [0.4, 0.5) is 0 Å². The molecule has 0 radical (unpaired) electrons. The average Bonchev–Trinajstić information content (AvgIpc) is 2.48. The van der Waals surface area contributed by atoms with Gasteiger partial charge in [-0.2, -0.15) is 0 Å². The van der Waals surface area contributed by atoms with Gasteiger partial charge in [0, 0.05) is 36.2 Å². The van der Waals surface area contributed by atoms with Crippen LogP contribution in [0.5, 0.6) is 0 Å². The molecule has 1 aromatic heterocycles. The molecule has 114 valence electrons. The molecule has 2 saturated heterocycles.